The molecule has 3 nitrogen and oxygen atoms in total. The molecule has 0 radical (unpaired) electrons. The highest BCUT2D eigenvalue weighted by molar-refractivity contribution is 7.09. The minimum absolute atomic E-state index is 0.0884. The third-order valence-corrected chi connectivity index (χ3v) is 2.08. The topological polar surface area (TPSA) is 50.2 Å². The number of hydrogen-bond donors (Lipinski definition) is 1. The first kappa shape index (κ1) is 8.13. The van der Waals surface area contributed by atoms with Crippen molar-refractivity contribution >= 4 is 17.3 Å². The fraction of sp³-hybridized carbons (Fsp3) is 0.333. The summed E-state index contributed by atoms with van der Waals surface area (Å²) in [7, 11) is 0. The van der Waals surface area contributed by atoms with Crippen LogP contribution in [0.4, 0.5) is 4.39 Å². The summed E-state index contributed by atoms with van der Waals surface area (Å²) in [4.78, 5) is 13.8. The van der Waals surface area contributed by atoms with E-state index in [-0.39, 0.29) is 10.7 Å². The lowest BCUT2D eigenvalue weighted by Gasteiger charge is -1.91. The van der Waals surface area contributed by atoms with Crippen molar-refractivity contribution in [2.24, 2.45) is 0 Å². The van der Waals surface area contributed by atoms with Crippen LogP contribution < -0.4 is 0 Å². The van der Waals surface area contributed by atoms with Crippen molar-refractivity contribution in [1.29, 1.82) is 0 Å². The second-order valence-electron chi connectivity index (χ2n) is 1.99. The maximum atomic E-state index is 12.5. The number of alkyl halides is 1. The van der Waals surface area contributed by atoms with Crippen LogP contribution in [0.3, 0.4) is 0 Å². The van der Waals surface area contributed by atoms with Gasteiger partial charge in [0.15, 0.2) is 5.69 Å². The molecule has 11 heavy (non-hydrogen) atoms. The van der Waals surface area contributed by atoms with Crippen LogP contribution in [0.25, 0.3) is 0 Å². The number of carboxylic acids is 1. The molecule has 0 aromatic carbocycles. The zero-order valence-electron chi connectivity index (χ0n) is 5.74. The van der Waals surface area contributed by atoms with Gasteiger partial charge in [0.1, 0.15) is 11.2 Å². The van der Waals surface area contributed by atoms with Crippen LogP contribution in [-0.4, -0.2) is 16.1 Å². The van der Waals surface area contributed by atoms with E-state index in [4.69, 9.17) is 5.11 Å². The predicted molar refractivity (Wildman–Crippen MR) is 38.6 cm³/mol. The lowest BCUT2D eigenvalue weighted by molar-refractivity contribution is 0.0691. The Kier molecular flexibility index (Phi) is 2.19. The van der Waals surface area contributed by atoms with Crippen LogP contribution in [0, 0.1) is 0 Å². The van der Waals surface area contributed by atoms with Crippen molar-refractivity contribution in [3.05, 3.63) is 16.1 Å². The normalized spacial score (nSPS) is 12.9. The smallest absolute Gasteiger partial charge is 0.355 e. The van der Waals surface area contributed by atoms with Crippen molar-refractivity contribution in [2.45, 2.75) is 13.1 Å². The van der Waals surface area contributed by atoms with Crippen LogP contribution in [0.5, 0.6) is 0 Å². The summed E-state index contributed by atoms with van der Waals surface area (Å²) in [6.07, 6.45) is -1.19. The molecule has 1 rings (SSSR count). The number of aromatic nitrogens is 1. The first-order valence-electron chi connectivity index (χ1n) is 2.94. The molecule has 0 spiro atoms. The number of carboxylic acid groups (broad SMARTS) is 1. The van der Waals surface area contributed by atoms with Crippen molar-refractivity contribution in [3.63, 3.8) is 0 Å². The Morgan fingerprint density at radius 1 is 1.91 bits per heavy atom. The zero-order chi connectivity index (χ0) is 8.43. The van der Waals surface area contributed by atoms with Crippen molar-refractivity contribution in [3.8, 4) is 0 Å². The Balaban J connectivity index is 2.90. The van der Waals surface area contributed by atoms with Crippen LogP contribution in [0.1, 0.15) is 28.6 Å². The van der Waals surface area contributed by atoms with E-state index in [0.29, 0.717) is 0 Å². The SMILES string of the molecule is CC(F)c1nc(C(=O)O)cs1. The average molecular weight is 175 g/mol. The van der Waals surface area contributed by atoms with Gasteiger partial charge < -0.3 is 5.11 Å². The molecular formula is C6H6FNO2S. The molecule has 1 heterocycles. The standard InChI is InChI=1S/C6H6FNO2S/c1-3(7)5-8-4(2-11-5)6(9)10/h2-3H,1H3,(H,9,10). The first-order valence-corrected chi connectivity index (χ1v) is 3.82. The summed E-state index contributed by atoms with van der Waals surface area (Å²) >= 11 is 1.02. The molecular weight excluding hydrogens is 169 g/mol. The van der Waals surface area contributed by atoms with Crippen molar-refractivity contribution in [2.75, 3.05) is 0 Å². The highest BCUT2D eigenvalue weighted by Crippen LogP contribution is 2.20. The number of nitrogens with zero attached hydrogens (tertiary/aromatic N) is 1. The molecule has 0 amide bonds. The van der Waals surface area contributed by atoms with E-state index in [2.05, 4.69) is 4.98 Å². The fourth-order valence-electron chi connectivity index (χ4n) is 0.569. The van der Waals surface area contributed by atoms with Gasteiger partial charge in [-0.2, -0.15) is 0 Å². The largest absolute Gasteiger partial charge is 0.476 e. The lowest BCUT2D eigenvalue weighted by Crippen LogP contribution is -1.96. The number of carbonyl (C=O) groups is 1. The van der Waals surface area contributed by atoms with Gasteiger partial charge in [0.2, 0.25) is 0 Å². The third-order valence-electron chi connectivity index (χ3n) is 1.08. The summed E-state index contributed by atoms with van der Waals surface area (Å²) in [6, 6.07) is 0. The molecule has 0 bridgehead atoms. The zero-order valence-corrected chi connectivity index (χ0v) is 6.56. The number of rotatable bonds is 2. The molecule has 1 aromatic rings. The summed E-state index contributed by atoms with van der Waals surface area (Å²) in [5.74, 6) is -1.12. The van der Waals surface area contributed by atoms with E-state index in [1.165, 1.54) is 12.3 Å². The Morgan fingerprint density at radius 2 is 2.55 bits per heavy atom. The molecule has 0 aliphatic heterocycles. The molecule has 0 aliphatic rings. The van der Waals surface area contributed by atoms with Gasteiger partial charge in [0.05, 0.1) is 0 Å². The molecule has 1 N–H and O–H groups in total. The second-order valence-corrected chi connectivity index (χ2v) is 2.88. The maximum Gasteiger partial charge on any atom is 0.355 e. The number of hydrogen-bond acceptors (Lipinski definition) is 3. The second kappa shape index (κ2) is 2.96. The Bertz CT molecular complexity index is 271. The van der Waals surface area contributed by atoms with Crippen LogP contribution >= 0.6 is 11.3 Å². The van der Waals surface area contributed by atoms with Crippen LogP contribution in [-0.2, 0) is 0 Å². The minimum atomic E-state index is -1.19. The summed E-state index contributed by atoms with van der Waals surface area (Å²) in [5, 5.41) is 9.94. The fourth-order valence-corrected chi connectivity index (χ4v) is 1.29. The molecule has 1 aromatic heterocycles. The van der Waals surface area contributed by atoms with Gasteiger partial charge in [-0.1, -0.05) is 0 Å². The molecule has 0 saturated carbocycles. The number of aromatic carboxylic acids is 1. The Morgan fingerprint density at radius 3 is 2.82 bits per heavy atom. The molecule has 60 valence electrons. The Labute approximate surface area is 66.5 Å². The molecule has 1 atom stereocenters. The van der Waals surface area contributed by atoms with Crippen LogP contribution in [0.15, 0.2) is 5.38 Å². The Hall–Kier alpha value is -0.970. The monoisotopic (exact) mass is 175 g/mol. The van der Waals surface area contributed by atoms with Gasteiger partial charge in [-0.25, -0.2) is 14.2 Å². The highest BCUT2D eigenvalue weighted by atomic mass is 32.1. The van der Waals surface area contributed by atoms with Crippen molar-refractivity contribution in [1.82, 2.24) is 4.98 Å². The maximum absolute atomic E-state index is 12.5. The number of halogens is 1. The lowest BCUT2D eigenvalue weighted by atomic mass is 10.4. The van der Waals surface area contributed by atoms with Gasteiger partial charge >= 0.3 is 5.97 Å². The predicted octanol–water partition coefficient (Wildman–Crippen LogP) is 1.87. The summed E-state index contributed by atoms with van der Waals surface area (Å²) in [5.41, 5.74) is -0.0884. The van der Waals surface area contributed by atoms with E-state index in [1.54, 1.807) is 0 Å². The van der Waals surface area contributed by atoms with Gasteiger partial charge in [-0.15, -0.1) is 11.3 Å². The summed E-state index contributed by atoms with van der Waals surface area (Å²) < 4.78 is 12.5. The van der Waals surface area contributed by atoms with Crippen LogP contribution in [0.2, 0.25) is 0 Å². The van der Waals surface area contributed by atoms with Gasteiger partial charge in [0, 0.05) is 5.38 Å². The number of thiazole rings is 1. The highest BCUT2D eigenvalue weighted by Gasteiger charge is 2.12. The molecule has 1 unspecified atom stereocenters. The van der Waals surface area contributed by atoms with Gasteiger partial charge in [-0.3, -0.25) is 0 Å². The average Bonchev–Trinajstić information content (AvgIpc) is 2.33. The molecule has 0 saturated heterocycles. The van der Waals surface area contributed by atoms with Crippen molar-refractivity contribution < 1.29 is 14.3 Å². The van der Waals surface area contributed by atoms with E-state index in [9.17, 15) is 9.18 Å². The molecule has 5 heteroatoms. The molecule has 0 aliphatic carbocycles. The summed E-state index contributed by atoms with van der Waals surface area (Å²) in [6.45, 7) is 1.32. The van der Waals surface area contributed by atoms with Gasteiger partial charge in [0.25, 0.3) is 0 Å². The van der Waals surface area contributed by atoms with E-state index in [1.807, 2.05) is 0 Å². The quantitative estimate of drug-likeness (QED) is 0.746. The van der Waals surface area contributed by atoms with E-state index >= 15 is 0 Å². The van der Waals surface area contributed by atoms with E-state index < -0.39 is 12.1 Å². The van der Waals surface area contributed by atoms with E-state index in [0.717, 1.165) is 11.3 Å². The molecule has 0 fully saturated rings. The third kappa shape index (κ3) is 1.74. The first-order chi connectivity index (χ1) is 5.11. The van der Waals surface area contributed by atoms with Gasteiger partial charge in [-0.05, 0) is 6.92 Å². The minimum Gasteiger partial charge on any atom is -0.476 e.